The van der Waals surface area contributed by atoms with Gasteiger partial charge in [-0.25, -0.2) is 4.98 Å². The van der Waals surface area contributed by atoms with E-state index in [1.54, 1.807) is 36.4 Å². The Morgan fingerprint density at radius 2 is 1.97 bits per heavy atom. The van der Waals surface area contributed by atoms with Crippen LogP contribution in [0.15, 0.2) is 52.1 Å². The lowest BCUT2D eigenvalue weighted by Crippen LogP contribution is -2.25. The van der Waals surface area contributed by atoms with Crippen molar-refractivity contribution in [3.05, 3.63) is 58.8 Å². The fourth-order valence-corrected chi connectivity index (χ4v) is 3.91. The molecule has 150 valence electrons. The second-order valence-electron chi connectivity index (χ2n) is 6.14. The number of hydrogen-bond acceptors (Lipinski definition) is 7. The van der Waals surface area contributed by atoms with Crippen molar-refractivity contribution in [1.29, 1.82) is 10.5 Å². The number of rotatable bonds is 6. The molecule has 2 aromatic heterocycles. The number of furan rings is 1. The topological polar surface area (TPSA) is 129 Å². The zero-order chi connectivity index (χ0) is 21.7. The van der Waals surface area contributed by atoms with Crippen molar-refractivity contribution in [3.63, 3.8) is 0 Å². The smallest absolute Gasteiger partial charge is 0.237 e. The molecule has 1 aromatic carbocycles. The number of pyridine rings is 1. The quantitative estimate of drug-likeness (QED) is 0.528. The minimum atomic E-state index is -0.544. The summed E-state index contributed by atoms with van der Waals surface area (Å²) in [4.78, 5) is 17.0. The number of nitrogens with zero attached hydrogens (tertiary/aromatic N) is 3. The summed E-state index contributed by atoms with van der Waals surface area (Å²) in [6.45, 7) is 1.85. The van der Waals surface area contributed by atoms with Crippen LogP contribution in [0, 0.1) is 22.7 Å². The van der Waals surface area contributed by atoms with Crippen LogP contribution in [0.1, 0.15) is 24.5 Å². The van der Waals surface area contributed by atoms with Crippen molar-refractivity contribution in [2.45, 2.75) is 23.6 Å². The lowest BCUT2D eigenvalue weighted by atomic mass is 10.0. The number of nitrogens with one attached hydrogen (secondary N) is 1. The van der Waals surface area contributed by atoms with Crippen LogP contribution in [0.4, 0.5) is 11.5 Å². The summed E-state index contributed by atoms with van der Waals surface area (Å²) in [6.07, 6.45) is 1.92. The highest BCUT2D eigenvalue weighted by molar-refractivity contribution is 8.00. The zero-order valence-corrected chi connectivity index (χ0v) is 17.4. The first kappa shape index (κ1) is 21.3. The van der Waals surface area contributed by atoms with Crippen LogP contribution in [0.5, 0.6) is 0 Å². The Balaban J connectivity index is 1.96. The molecule has 2 heterocycles. The molecule has 3 aromatic rings. The third-order valence-corrected chi connectivity index (χ3v) is 5.81. The van der Waals surface area contributed by atoms with E-state index in [0.717, 1.165) is 11.8 Å². The van der Waals surface area contributed by atoms with Gasteiger partial charge in [0.05, 0.1) is 22.6 Å². The molecule has 0 saturated heterocycles. The predicted octanol–water partition coefficient (Wildman–Crippen LogP) is 4.83. The van der Waals surface area contributed by atoms with E-state index in [1.165, 1.54) is 6.26 Å². The summed E-state index contributed by atoms with van der Waals surface area (Å²) >= 11 is 6.99. The molecule has 0 bridgehead atoms. The van der Waals surface area contributed by atoms with Gasteiger partial charge in [-0.2, -0.15) is 10.5 Å². The number of nitriles is 2. The van der Waals surface area contributed by atoms with Gasteiger partial charge in [0.15, 0.2) is 0 Å². The SMILES string of the molecule is CCC(Sc1nc(N)c(C#N)c(-c2ccco2)c1C#N)C(=O)Nc1ccc(Cl)cc1. The molecule has 0 aliphatic rings. The number of benzene rings is 1. The zero-order valence-electron chi connectivity index (χ0n) is 15.8. The van der Waals surface area contributed by atoms with Gasteiger partial charge in [0.2, 0.25) is 5.91 Å². The third-order valence-electron chi connectivity index (χ3n) is 4.21. The van der Waals surface area contributed by atoms with Gasteiger partial charge in [-0.1, -0.05) is 30.3 Å². The Hall–Kier alpha value is -3.46. The summed E-state index contributed by atoms with van der Waals surface area (Å²) in [7, 11) is 0. The first-order valence-electron chi connectivity index (χ1n) is 8.89. The van der Waals surface area contributed by atoms with Crippen LogP contribution in [0.25, 0.3) is 11.3 Å². The fourth-order valence-electron chi connectivity index (χ4n) is 2.76. The number of carbonyl (C=O) groups is 1. The number of nitrogens with two attached hydrogens (primary N) is 1. The summed E-state index contributed by atoms with van der Waals surface area (Å²) in [5.74, 6) is 0.0501. The lowest BCUT2D eigenvalue weighted by molar-refractivity contribution is -0.115. The highest BCUT2D eigenvalue weighted by Crippen LogP contribution is 2.37. The standard InChI is InChI=1S/C21H16ClN5O2S/c1-2-17(20(28)26-13-7-5-12(22)6-8-13)30-21-15(11-24)18(16-4-3-9-29-16)14(10-23)19(25)27-21/h3-9,17H,2H2,1H3,(H2,25,27)(H,26,28). The second kappa shape index (κ2) is 9.36. The Labute approximate surface area is 182 Å². The first-order chi connectivity index (χ1) is 14.5. The van der Waals surface area contributed by atoms with Crippen molar-refractivity contribution in [2.75, 3.05) is 11.1 Å². The van der Waals surface area contributed by atoms with Gasteiger partial charge >= 0.3 is 0 Å². The summed E-state index contributed by atoms with van der Waals surface area (Å²) in [5.41, 5.74) is 7.05. The monoisotopic (exact) mass is 437 g/mol. The number of carbonyl (C=O) groups excluding carboxylic acids is 1. The van der Waals surface area contributed by atoms with Gasteiger partial charge in [0.25, 0.3) is 0 Å². The Morgan fingerprint density at radius 3 is 2.53 bits per heavy atom. The Kier molecular flexibility index (Phi) is 6.63. The highest BCUT2D eigenvalue weighted by atomic mass is 35.5. The molecule has 7 nitrogen and oxygen atoms in total. The lowest BCUT2D eigenvalue weighted by Gasteiger charge is -2.17. The van der Waals surface area contributed by atoms with Crippen LogP contribution in [-0.2, 0) is 4.79 Å². The van der Waals surface area contributed by atoms with Gasteiger partial charge in [0, 0.05) is 10.7 Å². The van der Waals surface area contributed by atoms with Crippen LogP contribution in [-0.4, -0.2) is 16.1 Å². The first-order valence-corrected chi connectivity index (χ1v) is 10.1. The maximum absolute atomic E-state index is 12.8. The van der Waals surface area contributed by atoms with Gasteiger partial charge in [-0.15, -0.1) is 0 Å². The molecule has 3 rings (SSSR count). The Bertz CT molecular complexity index is 1150. The maximum atomic E-state index is 12.8. The summed E-state index contributed by atoms with van der Waals surface area (Å²) in [5, 5.41) is 22.4. The average Bonchev–Trinajstić information content (AvgIpc) is 3.27. The van der Waals surface area contributed by atoms with Gasteiger partial charge in [-0.05, 0) is 42.8 Å². The van der Waals surface area contributed by atoms with Crippen LogP contribution in [0.2, 0.25) is 5.02 Å². The van der Waals surface area contributed by atoms with Gasteiger partial charge in [-0.3, -0.25) is 4.79 Å². The molecule has 1 amide bonds. The van der Waals surface area contributed by atoms with E-state index in [9.17, 15) is 15.3 Å². The van der Waals surface area contributed by atoms with Crippen molar-refractivity contribution in [3.8, 4) is 23.5 Å². The van der Waals surface area contributed by atoms with Crippen molar-refractivity contribution < 1.29 is 9.21 Å². The molecular weight excluding hydrogens is 422 g/mol. The molecule has 9 heteroatoms. The van der Waals surface area contributed by atoms with E-state index in [1.807, 2.05) is 13.0 Å². The van der Waals surface area contributed by atoms with E-state index in [4.69, 9.17) is 21.8 Å². The molecule has 0 radical (unpaired) electrons. The third kappa shape index (κ3) is 4.41. The number of aromatic nitrogens is 1. The summed E-state index contributed by atoms with van der Waals surface area (Å²) in [6, 6.07) is 14.1. The number of thioether (sulfide) groups is 1. The molecule has 0 aliphatic carbocycles. The molecule has 1 atom stereocenters. The molecule has 0 aliphatic heterocycles. The van der Waals surface area contributed by atoms with E-state index in [-0.39, 0.29) is 33.4 Å². The minimum absolute atomic E-state index is 0.0293. The molecular formula is C21H16ClN5O2S. The van der Waals surface area contributed by atoms with E-state index < -0.39 is 5.25 Å². The number of nitrogen functional groups attached to an aromatic ring is 1. The van der Waals surface area contributed by atoms with Gasteiger partial charge in [0.1, 0.15) is 34.3 Å². The molecule has 3 N–H and O–H groups in total. The molecule has 30 heavy (non-hydrogen) atoms. The number of halogens is 1. The van der Waals surface area contributed by atoms with E-state index in [2.05, 4.69) is 16.4 Å². The number of hydrogen-bond donors (Lipinski definition) is 2. The molecule has 0 spiro atoms. The van der Waals surface area contributed by atoms with Crippen molar-refractivity contribution in [1.82, 2.24) is 4.98 Å². The highest BCUT2D eigenvalue weighted by Gasteiger charge is 2.26. The average molecular weight is 438 g/mol. The van der Waals surface area contributed by atoms with E-state index >= 15 is 0 Å². The number of anilines is 2. The largest absolute Gasteiger partial charge is 0.464 e. The maximum Gasteiger partial charge on any atom is 0.237 e. The summed E-state index contributed by atoms with van der Waals surface area (Å²) < 4.78 is 5.40. The normalized spacial score (nSPS) is 11.3. The van der Waals surface area contributed by atoms with Crippen LogP contribution < -0.4 is 11.1 Å². The predicted molar refractivity (Wildman–Crippen MR) is 116 cm³/mol. The Morgan fingerprint density at radius 1 is 1.27 bits per heavy atom. The van der Waals surface area contributed by atoms with Crippen LogP contribution >= 0.6 is 23.4 Å². The second-order valence-corrected chi connectivity index (χ2v) is 7.77. The van der Waals surface area contributed by atoms with Crippen molar-refractivity contribution in [2.24, 2.45) is 0 Å². The fraction of sp³-hybridized carbons (Fsp3) is 0.143. The minimum Gasteiger partial charge on any atom is -0.464 e. The van der Waals surface area contributed by atoms with Crippen molar-refractivity contribution >= 4 is 40.8 Å². The molecule has 0 fully saturated rings. The molecule has 1 unspecified atom stereocenters. The van der Waals surface area contributed by atoms with Gasteiger partial charge < -0.3 is 15.5 Å². The van der Waals surface area contributed by atoms with E-state index in [0.29, 0.717) is 22.9 Å². The number of amides is 1. The van der Waals surface area contributed by atoms with Crippen LogP contribution in [0.3, 0.4) is 0 Å². The molecule has 0 saturated carbocycles.